The highest BCUT2D eigenvalue weighted by Gasteiger charge is 2.25. The fourth-order valence-corrected chi connectivity index (χ4v) is 3.38. The molecule has 1 saturated heterocycles. The van der Waals surface area contributed by atoms with Crippen LogP contribution in [-0.4, -0.2) is 41.6 Å². The lowest BCUT2D eigenvalue weighted by Gasteiger charge is -2.30. The molecule has 0 radical (unpaired) electrons. The molecule has 0 atom stereocenters. The summed E-state index contributed by atoms with van der Waals surface area (Å²) in [7, 11) is 1.66. The number of aryl methyl sites for hydroxylation is 1. The molecule has 136 valence electrons. The summed E-state index contributed by atoms with van der Waals surface area (Å²) >= 11 is 0. The topological polar surface area (TPSA) is 60.5 Å². The number of methoxy groups -OCH3 is 1. The van der Waals surface area contributed by atoms with Gasteiger partial charge in [-0.25, -0.2) is 0 Å². The Morgan fingerprint density at radius 2 is 1.76 bits per heavy atom. The van der Waals surface area contributed by atoms with Crippen molar-refractivity contribution in [3.8, 4) is 11.4 Å². The molecule has 1 amide bonds. The van der Waals surface area contributed by atoms with Crippen LogP contribution in [0.25, 0.3) is 5.69 Å². The van der Waals surface area contributed by atoms with Crippen LogP contribution < -0.4 is 10.5 Å². The van der Waals surface area contributed by atoms with E-state index in [4.69, 9.17) is 10.5 Å². The maximum Gasteiger partial charge on any atom is 0.255 e. The zero-order chi connectivity index (χ0) is 17.3. The Kier molecular flexibility index (Phi) is 6.14. The van der Waals surface area contributed by atoms with Gasteiger partial charge in [-0.15, -0.1) is 12.4 Å². The Morgan fingerprint density at radius 1 is 1.16 bits per heavy atom. The Balaban J connectivity index is 0.00000225. The SMILES string of the molecule is COc1ccc(-n2c(C)cc(C(=O)N3CCC(N)CC3)c2C)cc1.Cl. The number of carbonyl (C=O) groups excluding carboxylic acids is 1. The Bertz CT molecular complexity index is 732. The van der Waals surface area contributed by atoms with Crippen molar-refractivity contribution in [2.45, 2.75) is 32.7 Å². The number of rotatable bonds is 3. The van der Waals surface area contributed by atoms with Gasteiger partial charge in [0.1, 0.15) is 5.75 Å². The number of hydrogen-bond donors (Lipinski definition) is 1. The second-order valence-electron chi connectivity index (χ2n) is 6.45. The molecule has 1 aromatic carbocycles. The predicted molar refractivity (Wildman–Crippen MR) is 102 cm³/mol. The molecule has 0 spiro atoms. The fraction of sp³-hybridized carbons (Fsp3) is 0.421. The average molecular weight is 364 g/mol. The number of benzene rings is 1. The fourth-order valence-electron chi connectivity index (χ4n) is 3.38. The van der Waals surface area contributed by atoms with Gasteiger partial charge in [-0.2, -0.15) is 0 Å². The molecule has 2 heterocycles. The molecule has 2 N–H and O–H groups in total. The first kappa shape index (κ1) is 19.3. The van der Waals surface area contributed by atoms with Crippen LogP contribution >= 0.6 is 12.4 Å². The highest BCUT2D eigenvalue weighted by Crippen LogP contribution is 2.24. The van der Waals surface area contributed by atoms with Crippen molar-refractivity contribution in [1.29, 1.82) is 0 Å². The summed E-state index contributed by atoms with van der Waals surface area (Å²) in [4.78, 5) is 14.8. The maximum absolute atomic E-state index is 12.9. The van der Waals surface area contributed by atoms with Gasteiger partial charge in [0.05, 0.1) is 12.7 Å². The molecule has 0 bridgehead atoms. The predicted octanol–water partition coefficient (Wildman–Crippen LogP) is 3.09. The minimum atomic E-state index is 0. The molecule has 1 aliphatic rings. The van der Waals surface area contributed by atoms with E-state index in [-0.39, 0.29) is 24.4 Å². The Hall–Kier alpha value is -1.98. The summed E-state index contributed by atoms with van der Waals surface area (Å²) in [5, 5.41) is 0. The van der Waals surface area contributed by atoms with E-state index >= 15 is 0 Å². The van der Waals surface area contributed by atoms with Crippen molar-refractivity contribution < 1.29 is 9.53 Å². The number of nitrogens with zero attached hydrogens (tertiary/aromatic N) is 2. The number of carbonyl (C=O) groups is 1. The molecule has 0 unspecified atom stereocenters. The second-order valence-corrected chi connectivity index (χ2v) is 6.45. The van der Waals surface area contributed by atoms with Crippen LogP contribution in [0.2, 0.25) is 0 Å². The number of hydrogen-bond acceptors (Lipinski definition) is 3. The molecule has 25 heavy (non-hydrogen) atoms. The van der Waals surface area contributed by atoms with Gasteiger partial charge < -0.3 is 19.9 Å². The zero-order valence-corrected chi connectivity index (χ0v) is 15.8. The normalized spacial score (nSPS) is 15.0. The van der Waals surface area contributed by atoms with E-state index in [1.54, 1.807) is 7.11 Å². The molecule has 1 fully saturated rings. The van der Waals surface area contributed by atoms with E-state index in [1.807, 2.05) is 49.1 Å². The quantitative estimate of drug-likeness (QED) is 0.911. The lowest BCUT2D eigenvalue weighted by molar-refractivity contribution is 0.0714. The van der Waals surface area contributed by atoms with Crippen LogP contribution in [0.1, 0.15) is 34.6 Å². The highest BCUT2D eigenvalue weighted by atomic mass is 35.5. The summed E-state index contributed by atoms with van der Waals surface area (Å²) in [6, 6.07) is 10.1. The average Bonchev–Trinajstić information content (AvgIpc) is 2.89. The second kappa shape index (κ2) is 7.93. The van der Waals surface area contributed by atoms with E-state index in [0.29, 0.717) is 0 Å². The molecule has 3 rings (SSSR count). The lowest BCUT2D eigenvalue weighted by atomic mass is 10.1. The molecular formula is C19H26ClN3O2. The van der Waals surface area contributed by atoms with Crippen LogP contribution in [0.15, 0.2) is 30.3 Å². The number of amides is 1. The Morgan fingerprint density at radius 3 is 2.32 bits per heavy atom. The molecule has 1 aromatic heterocycles. The van der Waals surface area contributed by atoms with E-state index in [0.717, 1.165) is 54.3 Å². The summed E-state index contributed by atoms with van der Waals surface area (Å²) in [5.74, 6) is 0.928. The van der Waals surface area contributed by atoms with Crippen molar-refractivity contribution in [3.63, 3.8) is 0 Å². The first-order valence-corrected chi connectivity index (χ1v) is 8.39. The first-order valence-electron chi connectivity index (χ1n) is 8.39. The smallest absolute Gasteiger partial charge is 0.255 e. The number of nitrogens with two attached hydrogens (primary N) is 1. The van der Waals surface area contributed by atoms with Crippen LogP contribution in [0, 0.1) is 13.8 Å². The van der Waals surface area contributed by atoms with Gasteiger partial charge in [0.15, 0.2) is 0 Å². The van der Waals surface area contributed by atoms with Crippen LogP contribution in [-0.2, 0) is 0 Å². The van der Waals surface area contributed by atoms with Crippen molar-refractivity contribution in [1.82, 2.24) is 9.47 Å². The third-order valence-electron chi connectivity index (χ3n) is 4.82. The maximum atomic E-state index is 12.9. The van der Waals surface area contributed by atoms with Crippen LogP contribution in [0.5, 0.6) is 5.75 Å². The number of halogens is 1. The van der Waals surface area contributed by atoms with Crippen molar-refractivity contribution in [2.24, 2.45) is 5.73 Å². The third-order valence-corrected chi connectivity index (χ3v) is 4.82. The standard InChI is InChI=1S/C19H25N3O2.ClH/c1-13-12-18(19(23)21-10-8-15(20)9-11-21)14(2)22(13)16-4-6-17(24-3)7-5-16;/h4-7,12,15H,8-11,20H2,1-3H3;1H. The van der Waals surface area contributed by atoms with Gasteiger partial charge >= 0.3 is 0 Å². The number of ether oxygens (including phenoxy) is 1. The van der Waals surface area contributed by atoms with Crippen molar-refractivity contribution in [3.05, 3.63) is 47.3 Å². The van der Waals surface area contributed by atoms with Gasteiger partial charge in [0.25, 0.3) is 5.91 Å². The number of likely N-dealkylation sites (tertiary alicyclic amines) is 1. The number of aromatic nitrogens is 1. The monoisotopic (exact) mass is 363 g/mol. The zero-order valence-electron chi connectivity index (χ0n) is 15.0. The first-order chi connectivity index (χ1) is 11.5. The minimum Gasteiger partial charge on any atom is -0.497 e. The van der Waals surface area contributed by atoms with Gasteiger partial charge in [0, 0.05) is 36.2 Å². The van der Waals surface area contributed by atoms with Gasteiger partial charge in [-0.05, 0) is 57.0 Å². The summed E-state index contributed by atoms with van der Waals surface area (Å²) < 4.78 is 7.33. The van der Waals surface area contributed by atoms with Crippen LogP contribution in [0.3, 0.4) is 0 Å². The largest absolute Gasteiger partial charge is 0.497 e. The molecule has 5 nitrogen and oxygen atoms in total. The molecule has 2 aromatic rings. The Labute approximate surface area is 155 Å². The lowest BCUT2D eigenvalue weighted by Crippen LogP contribution is -2.42. The molecule has 1 aliphatic heterocycles. The summed E-state index contributed by atoms with van der Waals surface area (Å²) in [6.07, 6.45) is 1.76. The molecule has 6 heteroatoms. The summed E-state index contributed by atoms with van der Waals surface area (Å²) in [5.41, 5.74) is 9.77. The molecule has 0 saturated carbocycles. The minimum absolute atomic E-state index is 0. The third kappa shape index (κ3) is 3.83. The molecular weight excluding hydrogens is 338 g/mol. The van der Waals surface area contributed by atoms with E-state index < -0.39 is 0 Å². The van der Waals surface area contributed by atoms with E-state index in [1.165, 1.54) is 0 Å². The highest BCUT2D eigenvalue weighted by molar-refractivity contribution is 5.96. The van der Waals surface area contributed by atoms with E-state index in [2.05, 4.69) is 4.57 Å². The van der Waals surface area contributed by atoms with Gasteiger partial charge in [-0.1, -0.05) is 0 Å². The van der Waals surface area contributed by atoms with Crippen LogP contribution in [0.4, 0.5) is 0 Å². The van der Waals surface area contributed by atoms with Gasteiger partial charge in [0.2, 0.25) is 0 Å². The van der Waals surface area contributed by atoms with Crippen molar-refractivity contribution in [2.75, 3.05) is 20.2 Å². The van der Waals surface area contributed by atoms with Gasteiger partial charge in [-0.3, -0.25) is 4.79 Å². The molecule has 0 aliphatic carbocycles. The van der Waals surface area contributed by atoms with Crippen molar-refractivity contribution >= 4 is 18.3 Å². The summed E-state index contributed by atoms with van der Waals surface area (Å²) in [6.45, 7) is 5.51. The number of piperidine rings is 1. The van der Waals surface area contributed by atoms with E-state index in [9.17, 15) is 4.79 Å².